The highest BCUT2D eigenvalue weighted by Crippen LogP contribution is 2.35. The van der Waals surface area contributed by atoms with E-state index in [1.54, 1.807) is 16.5 Å². The van der Waals surface area contributed by atoms with Crippen LogP contribution in [0, 0.1) is 11.8 Å². The Balaban J connectivity index is 1.11. The van der Waals surface area contributed by atoms with Gasteiger partial charge in [0.25, 0.3) is 5.56 Å². The molecule has 3 saturated heterocycles. The molecule has 0 unspecified atom stereocenters. The Kier molecular flexibility index (Phi) is 8.20. The summed E-state index contributed by atoms with van der Waals surface area (Å²) in [5.74, 6) is -1.95. The number of fused-ring (bicyclic) bond motifs is 1. The maximum absolute atomic E-state index is 13.1. The number of carbonyl (C=O) groups excluding carboxylic acids is 3. The molecule has 4 amide bonds. The molecular formula is C29H37N5O6. The van der Waals surface area contributed by atoms with E-state index in [1.807, 2.05) is 30.3 Å². The summed E-state index contributed by atoms with van der Waals surface area (Å²) in [6.45, 7) is 2.88. The average molecular weight is 552 g/mol. The Morgan fingerprint density at radius 2 is 1.68 bits per heavy atom. The molecule has 4 heterocycles. The molecule has 1 aromatic heterocycles. The third kappa shape index (κ3) is 5.47. The molecule has 214 valence electrons. The van der Waals surface area contributed by atoms with Crippen LogP contribution < -0.4 is 10.9 Å². The molecule has 0 radical (unpaired) electrons. The molecule has 3 aliphatic rings. The van der Waals surface area contributed by atoms with Crippen molar-refractivity contribution >= 4 is 34.6 Å². The van der Waals surface area contributed by atoms with Crippen LogP contribution in [0.3, 0.4) is 0 Å². The lowest BCUT2D eigenvalue weighted by molar-refractivity contribution is -0.167. The zero-order valence-electron chi connectivity index (χ0n) is 22.9. The Hall–Kier alpha value is -3.73. The first kappa shape index (κ1) is 27.8. The molecule has 1 aromatic carbocycles. The second-order valence-electron chi connectivity index (χ2n) is 11.1. The normalized spacial score (nSPS) is 21.9. The molecule has 3 fully saturated rings. The van der Waals surface area contributed by atoms with Gasteiger partial charge in [-0.1, -0.05) is 18.2 Å². The number of carboxylic acid groups (broad SMARTS) is 1. The molecule has 11 nitrogen and oxygen atoms in total. The number of aromatic nitrogens is 1. The van der Waals surface area contributed by atoms with Gasteiger partial charge in [0.1, 0.15) is 0 Å². The average Bonchev–Trinajstić information content (AvgIpc) is 2.97. The smallest absolute Gasteiger partial charge is 0.327 e. The number of piperazine rings is 1. The van der Waals surface area contributed by atoms with Crippen molar-refractivity contribution in [1.82, 2.24) is 24.6 Å². The monoisotopic (exact) mass is 551 g/mol. The fourth-order valence-corrected chi connectivity index (χ4v) is 6.27. The highest BCUT2D eigenvalue weighted by Gasteiger charge is 2.56. The number of aliphatic carboxylic acids is 1. The quantitative estimate of drug-likeness (QED) is 0.498. The minimum absolute atomic E-state index is 0.0247. The fraction of sp³-hybridized carbons (Fsp3) is 0.552. The third-order valence-corrected chi connectivity index (χ3v) is 8.69. The number of aryl methyl sites for hydroxylation is 1. The lowest BCUT2D eigenvalue weighted by atomic mass is 9.78. The SMILES string of the molecule is Cn1c(CCCC(=O)N2CCN(C(=O)N3C(=O)[C@H](CC4CCNCC4)[C@H]3C(=O)O)CC2)cc2ccccc2c1=O. The number of β-lactam (4-membered cyclic amide) rings is 1. The van der Waals surface area contributed by atoms with Crippen LogP contribution in [0.2, 0.25) is 0 Å². The number of pyridine rings is 1. The standard InChI is InChI=1S/C29H37N5O6/c1-31-21(18-20-5-2-3-7-22(20)26(31)36)6-4-8-24(35)32-13-15-33(16-14-32)29(40)34-25(28(38)39)23(27(34)37)17-19-9-11-30-12-10-19/h2-3,5,7,18-19,23,25,30H,4,6,8-17H2,1H3,(H,38,39)/t23-,25+/m1/s1. The zero-order chi connectivity index (χ0) is 28.4. The van der Waals surface area contributed by atoms with E-state index in [9.17, 15) is 29.1 Å². The summed E-state index contributed by atoms with van der Waals surface area (Å²) >= 11 is 0. The minimum Gasteiger partial charge on any atom is -0.480 e. The summed E-state index contributed by atoms with van der Waals surface area (Å²) in [6.07, 6.45) is 3.80. The molecule has 0 spiro atoms. The van der Waals surface area contributed by atoms with Gasteiger partial charge in [-0.3, -0.25) is 14.4 Å². The van der Waals surface area contributed by atoms with Crippen LogP contribution in [-0.2, 0) is 27.9 Å². The summed E-state index contributed by atoms with van der Waals surface area (Å²) in [4.78, 5) is 67.6. The van der Waals surface area contributed by atoms with Crippen LogP contribution in [-0.4, -0.2) is 93.5 Å². The highest BCUT2D eigenvalue weighted by molar-refractivity contribution is 6.07. The van der Waals surface area contributed by atoms with Gasteiger partial charge in [-0.2, -0.15) is 0 Å². The zero-order valence-corrected chi connectivity index (χ0v) is 22.9. The Bertz CT molecular complexity index is 1360. The predicted octanol–water partition coefficient (Wildman–Crippen LogP) is 1.43. The summed E-state index contributed by atoms with van der Waals surface area (Å²) in [6, 6.07) is 7.74. The van der Waals surface area contributed by atoms with Gasteiger partial charge in [0.05, 0.1) is 5.92 Å². The molecule has 0 bridgehead atoms. The van der Waals surface area contributed by atoms with Gasteiger partial charge in [-0.25, -0.2) is 14.5 Å². The van der Waals surface area contributed by atoms with Crippen molar-refractivity contribution in [3.8, 4) is 0 Å². The second kappa shape index (κ2) is 11.8. The number of rotatable bonds is 7. The summed E-state index contributed by atoms with van der Waals surface area (Å²) < 4.78 is 1.63. The molecule has 0 saturated carbocycles. The summed E-state index contributed by atoms with van der Waals surface area (Å²) in [5.41, 5.74) is 0.821. The number of carbonyl (C=O) groups is 4. The van der Waals surface area contributed by atoms with E-state index in [0.29, 0.717) is 44.2 Å². The van der Waals surface area contributed by atoms with Gasteiger partial charge in [0, 0.05) is 50.7 Å². The van der Waals surface area contributed by atoms with Crippen molar-refractivity contribution in [2.75, 3.05) is 39.3 Å². The number of carboxylic acids is 1. The largest absolute Gasteiger partial charge is 0.480 e. The van der Waals surface area contributed by atoms with E-state index in [1.165, 1.54) is 4.90 Å². The molecule has 2 aromatic rings. The number of nitrogens with zero attached hydrogens (tertiary/aromatic N) is 4. The van der Waals surface area contributed by atoms with Gasteiger partial charge in [-0.15, -0.1) is 0 Å². The number of hydrogen-bond donors (Lipinski definition) is 2. The molecule has 2 atom stereocenters. The Morgan fingerprint density at radius 3 is 2.38 bits per heavy atom. The topological polar surface area (TPSA) is 132 Å². The van der Waals surface area contributed by atoms with Gasteiger partial charge >= 0.3 is 12.0 Å². The van der Waals surface area contributed by atoms with Gasteiger partial charge in [0.15, 0.2) is 6.04 Å². The van der Waals surface area contributed by atoms with E-state index >= 15 is 0 Å². The number of piperidine rings is 1. The van der Waals surface area contributed by atoms with Crippen LogP contribution in [0.1, 0.15) is 37.8 Å². The first-order chi connectivity index (χ1) is 19.3. The number of amides is 4. The van der Waals surface area contributed by atoms with Crippen molar-refractivity contribution in [2.45, 2.75) is 44.6 Å². The highest BCUT2D eigenvalue weighted by atomic mass is 16.4. The first-order valence-corrected chi connectivity index (χ1v) is 14.2. The number of hydrogen-bond acceptors (Lipinski definition) is 6. The van der Waals surface area contributed by atoms with Crippen LogP contribution >= 0.6 is 0 Å². The van der Waals surface area contributed by atoms with Crippen molar-refractivity contribution in [2.24, 2.45) is 18.9 Å². The van der Waals surface area contributed by atoms with Crippen LogP contribution in [0.4, 0.5) is 4.79 Å². The third-order valence-electron chi connectivity index (χ3n) is 8.69. The van der Waals surface area contributed by atoms with Gasteiger partial charge < -0.3 is 24.8 Å². The number of likely N-dealkylation sites (tertiary alicyclic amines) is 1. The second-order valence-corrected chi connectivity index (χ2v) is 11.1. The maximum atomic E-state index is 13.1. The van der Waals surface area contributed by atoms with E-state index in [4.69, 9.17) is 0 Å². The van der Waals surface area contributed by atoms with E-state index in [-0.39, 0.29) is 30.5 Å². The molecule has 3 aliphatic heterocycles. The molecule has 40 heavy (non-hydrogen) atoms. The maximum Gasteiger partial charge on any atom is 0.327 e. The number of benzene rings is 1. The van der Waals surface area contributed by atoms with Crippen molar-refractivity contribution in [3.05, 3.63) is 46.4 Å². The van der Waals surface area contributed by atoms with E-state index < -0.39 is 29.9 Å². The Morgan fingerprint density at radius 1 is 1.00 bits per heavy atom. The van der Waals surface area contributed by atoms with Crippen LogP contribution in [0.15, 0.2) is 35.1 Å². The summed E-state index contributed by atoms with van der Waals surface area (Å²) in [7, 11) is 1.75. The first-order valence-electron chi connectivity index (χ1n) is 14.2. The Labute approximate surface area is 232 Å². The lowest BCUT2D eigenvalue weighted by Crippen LogP contribution is -2.69. The van der Waals surface area contributed by atoms with Crippen molar-refractivity contribution in [1.29, 1.82) is 0 Å². The molecule has 11 heteroatoms. The fourth-order valence-electron chi connectivity index (χ4n) is 6.27. The van der Waals surface area contributed by atoms with Gasteiger partial charge in [0.2, 0.25) is 11.8 Å². The molecular weight excluding hydrogens is 514 g/mol. The number of nitrogens with one attached hydrogen (secondary N) is 1. The predicted molar refractivity (Wildman–Crippen MR) is 148 cm³/mol. The van der Waals surface area contributed by atoms with Crippen LogP contribution in [0.25, 0.3) is 10.8 Å². The summed E-state index contributed by atoms with van der Waals surface area (Å²) in [5, 5.41) is 14.6. The molecule has 5 rings (SSSR count). The van der Waals surface area contributed by atoms with Crippen LogP contribution in [0.5, 0.6) is 0 Å². The van der Waals surface area contributed by atoms with Crippen molar-refractivity contribution in [3.63, 3.8) is 0 Å². The van der Waals surface area contributed by atoms with Crippen molar-refractivity contribution < 1.29 is 24.3 Å². The molecule has 2 N–H and O–H groups in total. The number of imide groups is 1. The lowest BCUT2D eigenvalue weighted by Gasteiger charge is -2.47. The van der Waals surface area contributed by atoms with E-state index in [0.717, 1.165) is 41.9 Å². The minimum atomic E-state index is -1.15. The number of urea groups is 1. The van der Waals surface area contributed by atoms with E-state index in [2.05, 4.69) is 5.32 Å². The van der Waals surface area contributed by atoms with Gasteiger partial charge in [-0.05, 0) is 68.6 Å². The molecule has 0 aliphatic carbocycles.